The van der Waals surface area contributed by atoms with Gasteiger partial charge in [0.05, 0.1) is 8.23 Å². The van der Waals surface area contributed by atoms with Gasteiger partial charge in [0.1, 0.15) is 0 Å². The summed E-state index contributed by atoms with van der Waals surface area (Å²) in [5.41, 5.74) is 0.778. The molecule has 0 spiro atoms. The van der Waals surface area contributed by atoms with Crippen molar-refractivity contribution in [3.8, 4) is 0 Å². The van der Waals surface area contributed by atoms with Gasteiger partial charge in [-0.25, -0.2) is 4.20 Å². The van der Waals surface area contributed by atoms with E-state index in [1.165, 1.54) is 0 Å². The van der Waals surface area contributed by atoms with E-state index in [-0.39, 0.29) is 0 Å². The highest BCUT2D eigenvalue weighted by Gasteiger charge is 2.37. The molecule has 1 fully saturated rings. The molecule has 0 aliphatic carbocycles. The zero-order chi connectivity index (χ0) is 7.72. The maximum absolute atomic E-state index is 13.3. The lowest BCUT2D eigenvalue weighted by Gasteiger charge is -2.14. The average Bonchev–Trinajstić information content (AvgIpc) is 2.09. The maximum atomic E-state index is 13.3. The molecule has 1 saturated heterocycles. The molecule has 0 N–H and O–H groups in total. The highest BCUT2D eigenvalue weighted by molar-refractivity contribution is 7.54. The van der Waals surface area contributed by atoms with E-state index in [1.54, 1.807) is 0 Å². The van der Waals surface area contributed by atoms with Crippen LogP contribution in [0.4, 0.5) is 4.20 Å². The number of rotatable bonds is 1. The number of hydrogen-bond donors (Lipinski definition) is 0. The summed E-state index contributed by atoms with van der Waals surface area (Å²) in [4.78, 5) is 0. The fourth-order valence-corrected chi connectivity index (χ4v) is 4.09. The molecule has 1 rings (SSSR count). The SMILES string of the molecule is CCC1C(C)CC(C)P1F. The van der Waals surface area contributed by atoms with Crippen LogP contribution in [-0.4, -0.2) is 11.3 Å². The van der Waals surface area contributed by atoms with Crippen LogP contribution in [0.2, 0.25) is 0 Å². The Hall–Kier alpha value is 0.360. The second-order valence-corrected chi connectivity index (χ2v) is 5.62. The summed E-state index contributed by atoms with van der Waals surface area (Å²) < 4.78 is 13.3. The van der Waals surface area contributed by atoms with Gasteiger partial charge in [0.2, 0.25) is 0 Å². The van der Waals surface area contributed by atoms with E-state index in [9.17, 15) is 4.20 Å². The largest absolute Gasteiger partial charge is 0.227 e. The summed E-state index contributed by atoms with van der Waals surface area (Å²) >= 11 is 0. The minimum Gasteiger partial charge on any atom is -0.227 e. The van der Waals surface area contributed by atoms with Gasteiger partial charge >= 0.3 is 0 Å². The van der Waals surface area contributed by atoms with Crippen LogP contribution < -0.4 is 0 Å². The molecule has 0 aromatic carbocycles. The molecule has 1 heterocycles. The van der Waals surface area contributed by atoms with Crippen molar-refractivity contribution in [2.75, 3.05) is 0 Å². The van der Waals surface area contributed by atoms with Crippen molar-refractivity contribution in [2.45, 2.75) is 44.9 Å². The van der Waals surface area contributed by atoms with Crippen LogP contribution in [-0.2, 0) is 0 Å². The van der Waals surface area contributed by atoms with Crippen molar-refractivity contribution >= 4 is 8.23 Å². The normalized spacial score (nSPS) is 48.0. The molecule has 60 valence electrons. The topological polar surface area (TPSA) is 0 Å². The Labute approximate surface area is 64.1 Å². The number of hydrogen-bond acceptors (Lipinski definition) is 0. The van der Waals surface area contributed by atoms with Gasteiger partial charge in [-0.1, -0.05) is 20.8 Å². The molecule has 0 nitrogen and oxygen atoms in total. The van der Waals surface area contributed by atoms with Gasteiger partial charge in [-0.15, -0.1) is 0 Å². The molecule has 4 atom stereocenters. The van der Waals surface area contributed by atoms with Crippen molar-refractivity contribution in [2.24, 2.45) is 5.92 Å². The Kier molecular flexibility index (Phi) is 2.68. The van der Waals surface area contributed by atoms with Gasteiger partial charge in [-0.2, -0.15) is 0 Å². The van der Waals surface area contributed by atoms with Crippen LogP contribution in [0.3, 0.4) is 0 Å². The van der Waals surface area contributed by atoms with Gasteiger partial charge < -0.3 is 0 Å². The quantitative estimate of drug-likeness (QED) is 0.517. The van der Waals surface area contributed by atoms with Gasteiger partial charge in [-0.05, 0) is 18.8 Å². The third-order valence-corrected chi connectivity index (χ3v) is 5.09. The first-order chi connectivity index (χ1) is 4.66. The maximum Gasteiger partial charge on any atom is 0.0876 e. The van der Waals surface area contributed by atoms with E-state index >= 15 is 0 Å². The molecule has 10 heavy (non-hydrogen) atoms. The molecule has 0 aromatic rings. The highest BCUT2D eigenvalue weighted by Crippen LogP contribution is 2.59. The second kappa shape index (κ2) is 3.17. The molecule has 1 aliphatic rings. The van der Waals surface area contributed by atoms with Gasteiger partial charge in [-0.3, -0.25) is 0 Å². The summed E-state index contributed by atoms with van der Waals surface area (Å²) in [5.74, 6) is 0.635. The van der Waals surface area contributed by atoms with Gasteiger partial charge in [0.15, 0.2) is 0 Å². The molecule has 0 saturated carbocycles. The highest BCUT2D eigenvalue weighted by atomic mass is 31.2. The molecule has 1 aliphatic heterocycles. The minimum absolute atomic E-state index is 0.370. The Morgan fingerprint density at radius 3 is 2.30 bits per heavy atom. The van der Waals surface area contributed by atoms with Crippen LogP contribution >= 0.6 is 8.23 Å². The summed E-state index contributed by atoms with van der Waals surface area (Å²) in [5, 5.41) is 0. The predicted octanol–water partition coefficient (Wildman–Crippen LogP) is 3.56. The van der Waals surface area contributed by atoms with Crippen LogP contribution in [0.1, 0.15) is 33.6 Å². The minimum atomic E-state index is -1.13. The predicted molar refractivity (Wildman–Crippen MR) is 45.4 cm³/mol. The van der Waals surface area contributed by atoms with E-state index in [0.717, 1.165) is 12.8 Å². The lowest BCUT2D eigenvalue weighted by Crippen LogP contribution is -2.05. The Morgan fingerprint density at radius 1 is 1.50 bits per heavy atom. The molecular formula is C8H16FP. The molecule has 4 unspecified atom stereocenters. The lowest BCUT2D eigenvalue weighted by molar-refractivity contribution is 0.530. The first-order valence-electron chi connectivity index (χ1n) is 4.11. The van der Waals surface area contributed by atoms with Gasteiger partial charge in [0.25, 0.3) is 0 Å². The number of halogens is 1. The first-order valence-corrected chi connectivity index (χ1v) is 5.48. The van der Waals surface area contributed by atoms with Crippen LogP contribution in [0, 0.1) is 5.92 Å². The van der Waals surface area contributed by atoms with Crippen molar-refractivity contribution in [3.63, 3.8) is 0 Å². The zero-order valence-corrected chi connectivity index (χ0v) is 7.87. The molecule has 0 radical (unpaired) electrons. The first kappa shape index (κ1) is 8.46. The molecule has 0 amide bonds. The summed E-state index contributed by atoms with van der Waals surface area (Å²) in [6.07, 6.45) is 2.15. The Morgan fingerprint density at radius 2 is 2.10 bits per heavy atom. The standard InChI is InChI=1S/C8H16FP/c1-4-8-6(2)5-7(3)10(8)9/h6-8H,4-5H2,1-3H3. The smallest absolute Gasteiger partial charge is 0.0876 e. The second-order valence-electron chi connectivity index (χ2n) is 3.38. The fourth-order valence-electron chi connectivity index (χ4n) is 1.94. The molecular weight excluding hydrogens is 146 g/mol. The Bertz CT molecular complexity index is 116. The van der Waals surface area contributed by atoms with Gasteiger partial charge in [0, 0.05) is 11.3 Å². The third kappa shape index (κ3) is 1.34. The van der Waals surface area contributed by atoms with Crippen molar-refractivity contribution in [1.82, 2.24) is 0 Å². The lowest BCUT2D eigenvalue weighted by atomic mass is 10.0. The van der Waals surface area contributed by atoms with E-state index in [0.29, 0.717) is 17.2 Å². The molecule has 0 aromatic heterocycles. The van der Waals surface area contributed by atoms with Crippen LogP contribution in [0.25, 0.3) is 0 Å². The van der Waals surface area contributed by atoms with E-state index in [2.05, 4.69) is 20.8 Å². The van der Waals surface area contributed by atoms with E-state index < -0.39 is 8.23 Å². The molecule has 2 heteroatoms. The average molecular weight is 162 g/mol. The summed E-state index contributed by atoms with van der Waals surface area (Å²) in [6.45, 7) is 6.35. The van der Waals surface area contributed by atoms with E-state index in [1.807, 2.05) is 0 Å². The van der Waals surface area contributed by atoms with Crippen LogP contribution in [0.15, 0.2) is 0 Å². The Balaban J connectivity index is 2.55. The zero-order valence-electron chi connectivity index (χ0n) is 6.97. The molecule has 0 bridgehead atoms. The van der Waals surface area contributed by atoms with Crippen molar-refractivity contribution < 1.29 is 4.20 Å². The van der Waals surface area contributed by atoms with Crippen LogP contribution in [0.5, 0.6) is 0 Å². The monoisotopic (exact) mass is 162 g/mol. The summed E-state index contributed by atoms with van der Waals surface area (Å²) in [6, 6.07) is 0. The fraction of sp³-hybridized carbons (Fsp3) is 1.00. The van der Waals surface area contributed by atoms with E-state index in [4.69, 9.17) is 0 Å². The van der Waals surface area contributed by atoms with Crippen molar-refractivity contribution in [1.29, 1.82) is 0 Å². The third-order valence-electron chi connectivity index (χ3n) is 2.53. The van der Waals surface area contributed by atoms with Crippen molar-refractivity contribution in [3.05, 3.63) is 0 Å². The summed E-state index contributed by atoms with van der Waals surface area (Å²) in [7, 11) is -1.13.